The summed E-state index contributed by atoms with van der Waals surface area (Å²) in [6, 6.07) is 26.6. The Bertz CT molecular complexity index is 2200. The summed E-state index contributed by atoms with van der Waals surface area (Å²) in [5.74, 6) is 1.15. The fourth-order valence-electron chi connectivity index (χ4n) is 5.84. The zero-order valence-electron chi connectivity index (χ0n) is 27.9. The first-order valence-electron chi connectivity index (χ1n) is 16.1. The maximum atomic E-state index is 14.2. The largest absolute Gasteiger partial charge is 0.493 e. The number of methoxy groups -OCH3 is 2. The van der Waals surface area contributed by atoms with Crippen molar-refractivity contribution in [3.63, 3.8) is 0 Å². The highest BCUT2D eigenvalue weighted by atomic mass is 32.1. The zero-order chi connectivity index (χ0) is 34.3. The Morgan fingerprint density at radius 2 is 1.69 bits per heavy atom. The third-order valence-electron chi connectivity index (χ3n) is 8.19. The van der Waals surface area contributed by atoms with Crippen molar-refractivity contribution >= 4 is 34.2 Å². The van der Waals surface area contributed by atoms with E-state index in [0.29, 0.717) is 51.1 Å². The molecule has 0 spiro atoms. The van der Waals surface area contributed by atoms with Crippen LogP contribution in [0.4, 0.5) is 0 Å². The van der Waals surface area contributed by atoms with E-state index < -0.39 is 12.0 Å². The molecule has 6 rings (SSSR count). The minimum Gasteiger partial charge on any atom is -0.493 e. The van der Waals surface area contributed by atoms with Crippen LogP contribution in [0.3, 0.4) is 0 Å². The van der Waals surface area contributed by atoms with Gasteiger partial charge in [-0.25, -0.2) is 9.79 Å². The first-order valence-corrected chi connectivity index (χ1v) is 16.9. The van der Waals surface area contributed by atoms with Crippen molar-refractivity contribution in [2.45, 2.75) is 32.9 Å². The van der Waals surface area contributed by atoms with Crippen LogP contribution in [0.25, 0.3) is 16.8 Å². The van der Waals surface area contributed by atoms with E-state index in [0.717, 1.165) is 28.3 Å². The molecule has 0 saturated carbocycles. The molecule has 4 aromatic carbocycles. The number of benzene rings is 4. The number of hydrogen-bond donors (Lipinski definition) is 0. The molecule has 0 fully saturated rings. The summed E-state index contributed by atoms with van der Waals surface area (Å²) in [6.45, 7) is 4.95. The lowest BCUT2D eigenvalue weighted by molar-refractivity contribution is -0.140. The molecular formula is C39H38N2O7S. The number of aromatic nitrogens is 1. The molecular weight excluding hydrogens is 641 g/mol. The van der Waals surface area contributed by atoms with E-state index in [1.54, 1.807) is 24.7 Å². The van der Waals surface area contributed by atoms with Gasteiger partial charge in [0.25, 0.3) is 5.56 Å². The number of carbonyl (C=O) groups is 1. The quantitative estimate of drug-likeness (QED) is 0.112. The lowest BCUT2D eigenvalue weighted by Gasteiger charge is -2.26. The third kappa shape index (κ3) is 7.16. The smallest absolute Gasteiger partial charge is 0.338 e. The van der Waals surface area contributed by atoms with E-state index in [1.807, 2.05) is 67.6 Å². The second-order valence-electron chi connectivity index (χ2n) is 11.4. The average Bonchev–Trinajstić information content (AvgIpc) is 3.42. The van der Waals surface area contributed by atoms with Crippen molar-refractivity contribution in [3.05, 3.63) is 133 Å². The molecule has 1 aromatic heterocycles. The van der Waals surface area contributed by atoms with Crippen LogP contribution in [0.1, 0.15) is 43.0 Å². The number of rotatable bonds is 13. The van der Waals surface area contributed by atoms with Gasteiger partial charge in [-0.05, 0) is 59.5 Å². The molecule has 5 aromatic rings. The van der Waals surface area contributed by atoms with Crippen LogP contribution >= 0.6 is 11.3 Å². The normalized spacial score (nSPS) is 14.4. The molecule has 9 nitrogen and oxygen atoms in total. The number of fused-ring (bicyclic) bond motifs is 2. The summed E-state index contributed by atoms with van der Waals surface area (Å²) >= 11 is 1.25. The third-order valence-corrected chi connectivity index (χ3v) is 9.17. The number of ether oxygens (including phenoxy) is 5. The molecule has 0 bridgehead atoms. The van der Waals surface area contributed by atoms with Gasteiger partial charge in [0, 0.05) is 12.7 Å². The number of thiazole rings is 1. The van der Waals surface area contributed by atoms with Gasteiger partial charge in [-0.2, -0.15) is 0 Å². The van der Waals surface area contributed by atoms with Crippen LogP contribution < -0.4 is 29.1 Å². The highest BCUT2D eigenvalue weighted by molar-refractivity contribution is 7.07. The summed E-state index contributed by atoms with van der Waals surface area (Å²) < 4.78 is 30.7. The molecule has 0 unspecified atom stereocenters. The molecule has 1 aliphatic rings. The molecule has 1 atom stereocenters. The fraction of sp³-hybridized carbons (Fsp3) is 0.256. The maximum Gasteiger partial charge on any atom is 0.338 e. The van der Waals surface area contributed by atoms with E-state index in [9.17, 15) is 9.59 Å². The van der Waals surface area contributed by atoms with Gasteiger partial charge in [0.1, 0.15) is 25.0 Å². The number of allylic oxidation sites excluding steroid dienone is 1. The van der Waals surface area contributed by atoms with Crippen molar-refractivity contribution in [1.29, 1.82) is 0 Å². The Morgan fingerprint density at radius 1 is 0.898 bits per heavy atom. The minimum atomic E-state index is -0.805. The van der Waals surface area contributed by atoms with Crippen LogP contribution in [-0.4, -0.2) is 44.6 Å². The average molecular weight is 679 g/mol. The van der Waals surface area contributed by atoms with Crippen LogP contribution in [0.5, 0.6) is 17.2 Å². The van der Waals surface area contributed by atoms with Crippen molar-refractivity contribution in [3.8, 4) is 17.2 Å². The molecule has 0 N–H and O–H groups in total. The first kappa shape index (κ1) is 33.7. The summed E-state index contributed by atoms with van der Waals surface area (Å²) in [7, 11) is 3.13. The Morgan fingerprint density at radius 3 is 2.51 bits per heavy atom. The van der Waals surface area contributed by atoms with Crippen LogP contribution in [0.2, 0.25) is 0 Å². The van der Waals surface area contributed by atoms with Gasteiger partial charge in [0.2, 0.25) is 0 Å². The molecule has 49 heavy (non-hydrogen) atoms. The fourth-order valence-corrected chi connectivity index (χ4v) is 6.89. The minimum absolute atomic E-state index is 0.0702. The molecule has 1 aliphatic heterocycles. The van der Waals surface area contributed by atoms with E-state index in [4.69, 9.17) is 28.7 Å². The van der Waals surface area contributed by atoms with Gasteiger partial charge < -0.3 is 23.7 Å². The van der Waals surface area contributed by atoms with Gasteiger partial charge in [0.15, 0.2) is 16.3 Å². The Labute approximate surface area is 288 Å². The van der Waals surface area contributed by atoms with Crippen molar-refractivity contribution in [2.24, 2.45) is 4.99 Å². The van der Waals surface area contributed by atoms with Crippen LogP contribution in [0, 0.1) is 0 Å². The number of esters is 1. The molecule has 252 valence electrons. The van der Waals surface area contributed by atoms with Crippen molar-refractivity contribution in [1.82, 2.24) is 4.57 Å². The summed E-state index contributed by atoms with van der Waals surface area (Å²) in [6.07, 6.45) is 2.60. The van der Waals surface area contributed by atoms with Gasteiger partial charge in [-0.1, -0.05) is 85.0 Å². The lowest BCUT2D eigenvalue weighted by Crippen LogP contribution is -2.40. The maximum absolute atomic E-state index is 14.2. The van der Waals surface area contributed by atoms with Gasteiger partial charge in [-0.3, -0.25) is 9.36 Å². The Hall–Kier alpha value is -5.19. The van der Waals surface area contributed by atoms with Crippen molar-refractivity contribution < 1.29 is 28.5 Å². The number of para-hydroxylation sites is 1. The molecule has 0 aliphatic carbocycles. The van der Waals surface area contributed by atoms with Crippen LogP contribution in [0.15, 0.2) is 106 Å². The SMILES string of the molecule is CCCOc1ccccc1[C@@H]1C(C(=O)OCCOC)=C(C)N=c2s/c(=C/c3ccc(OCc4cccc5ccccc45)c(OC)c3)c(=O)n21. The molecule has 2 heterocycles. The van der Waals surface area contributed by atoms with Gasteiger partial charge >= 0.3 is 5.97 Å². The molecule has 0 saturated heterocycles. The van der Waals surface area contributed by atoms with Crippen LogP contribution in [-0.2, 0) is 20.9 Å². The molecule has 0 amide bonds. The number of hydrogen-bond acceptors (Lipinski definition) is 9. The van der Waals surface area contributed by atoms with E-state index in [2.05, 4.69) is 24.3 Å². The zero-order valence-corrected chi connectivity index (χ0v) is 28.8. The number of nitrogens with zero attached hydrogens (tertiary/aromatic N) is 2. The summed E-state index contributed by atoms with van der Waals surface area (Å²) in [5, 5.41) is 2.28. The van der Waals surface area contributed by atoms with E-state index >= 15 is 0 Å². The Balaban J connectivity index is 1.37. The second kappa shape index (κ2) is 15.4. The van der Waals surface area contributed by atoms with Gasteiger partial charge in [-0.15, -0.1) is 0 Å². The summed E-state index contributed by atoms with van der Waals surface area (Å²) in [4.78, 5) is 33.0. The lowest BCUT2D eigenvalue weighted by atomic mass is 9.95. The topological polar surface area (TPSA) is 97.6 Å². The molecule has 0 radical (unpaired) electrons. The van der Waals surface area contributed by atoms with E-state index in [-0.39, 0.29) is 24.3 Å². The highest BCUT2D eigenvalue weighted by Gasteiger charge is 2.35. The number of carbonyl (C=O) groups excluding carboxylic acids is 1. The second-order valence-corrected chi connectivity index (χ2v) is 12.4. The standard InChI is InChI=1S/C39H38N2O7S/c1-5-19-46-31-16-9-8-15-30(31)36-35(38(43)47-21-20-44-3)25(2)40-39-41(36)37(42)34(49-39)23-26-17-18-32(33(22-26)45-4)48-24-28-13-10-12-27-11-6-7-14-29(27)28/h6-18,22-23,36H,5,19-21,24H2,1-4H3/b34-23+/t36-/m1/s1. The van der Waals surface area contributed by atoms with E-state index in [1.165, 1.54) is 18.4 Å². The monoisotopic (exact) mass is 678 g/mol. The van der Waals surface area contributed by atoms with Crippen molar-refractivity contribution in [2.75, 3.05) is 34.0 Å². The Kier molecular flexibility index (Phi) is 10.6. The molecule has 10 heteroatoms. The highest BCUT2D eigenvalue weighted by Crippen LogP contribution is 2.36. The predicted molar refractivity (Wildman–Crippen MR) is 190 cm³/mol. The predicted octanol–water partition coefficient (Wildman–Crippen LogP) is 5.95. The first-order chi connectivity index (χ1) is 23.9. The van der Waals surface area contributed by atoms with Gasteiger partial charge in [0.05, 0.1) is 36.1 Å². The summed E-state index contributed by atoms with van der Waals surface area (Å²) in [5.41, 5.74) is 2.95.